The molecule has 0 spiro atoms. The lowest BCUT2D eigenvalue weighted by Crippen LogP contribution is -2.38. The Balaban J connectivity index is 0.00000320. The zero-order valence-electron chi connectivity index (χ0n) is 18.3. The first kappa shape index (κ1) is 24.1. The Hall–Kier alpha value is -2.15. The number of aromatic nitrogens is 1. The lowest BCUT2D eigenvalue weighted by molar-refractivity contribution is 0.0983. The average Bonchev–Trinajstić information content (AvgIpc) is 3.13. The van der Waals surface area contributed by atoms with Gasteiger partial charge in [-0.05, 0) is 68.4 Å². The molecule has 5 nitrogen and oxygen atoms in total. The number of benzene rings is 2. The highest BCUT2D eigenvalue weighted by Gasteiger charge is 2.22. The van der Waals surface area contributed by atoms with Crippen LogP contribution in [0.4, 0.5) is 5.13 Å². The lowest BCUT2D eigenvalue weighted by Gasteiger charge is -2.24. The fraction of sp³-hybridized carbons (Fsp3) is 0.391. The van der Waals surface area contributed by atoms with Crippen molar-refractivity contribution in [3.8, 4) is 5.75 Å². The molecule has 0 saturated carbocycles. The van der Waals surface area contributed by atoms with Crippen molar-refractivity contribution < 1.29 is 9.53 Å². The Morgan fingerprint density at radius 2 is 1.77 bits per heavy atom. The molecule has 3 rings (SSSR count). The number of nitrogens with zero attached hydrogens (tertiary/aromatic N) is 3. The number of anilines is 1. The number of methoxy groups -OCH3 is 1. The maximum atomic E-state index is 13.4. The van der Waals surface area contributed by atoms with Gasteiger partial charge in [0.25, 0.3) is 5.91 Å². The molecule has 30 heavy (non-hydrogen) atoms. The molecule has 0 unspecified atom stereocenters. The molecule has 2 aromatic carbocycles. The molecule has 0 aliphatic heterocycles. The Labute approximate surface area is 189 Å². The molecule has 0 N–H and O–H groups in total. The van der Waals surface area contributed by atoms with Crippen LogP contribution in [0.15, 0.2) is 36.4 Å². The van der Waals surface area contributed by atoms with Crippen LogP contribution in [0.1, 0.15) is 35.3 Å². The summed E-state index contributed by atoms with van der Waals surface area (Å²) in [6, 6.07) is 11.6. The smallest absolute Gasteiger partial charge is 0.260 e. The highest BCUT2D eigenvalue weighted by atomic mass is 35.5. The van der Waals surface area contributed by atoms with E-state index in [1.54, 1.807) is 24.5 Å². The third-order valence-corrected chi connectivity index (χ3v) is 6.36. The summed E-state index contributed by atoms with van der Waals surface area (Å²) in [5.41, 5.74) is 4.00. The highest BCUT2D eigenvalue weighted by Crippen LogP contribution is 2.31. The number of likely N-dealkylation sites (N-methyl/N-ethyl adjacent to an activating group) is 1. The van der Waals surface area contributed by atoms with Crippen LogP contribution in [0.5, 0.6) is 5.75 Å². The summed E-state index contributed by atoms with van der Waals surface area (Å²) >= 11 is 1.57. The lowest BCUT2D eigenvalue weighted by atomic mass is 10.1. The molecule has 0 fully saturated rings. The van der Waals surface area contributed by atoms with Gasteiger partial charge >= 0.3 is 0 Å². The maximum Gasteiger partial charge on any atom is 0.260 e. The molecule has 0 aliphatic carbocycles. The Kier molecular flexibility index (Phi) is 8.65. The van der Waals surface area contributed by atoms with Gasteiger partial charge in [0.1, 0.15) is 5.75 Å². The number of rotatable bonds is 8. The van der Waals surface area contributed by atoms with Crippen molar-refractivity contribution >= 4 is 45.0 Å². The third kappa shape index (κ3) is 5.31. The number of amides is 1. The minimum absolute atomic E-state index is 0. The van der Waals surface area contributed by atoms with Crippen LogP contribution in [0.3, 0.4) is 0 Å². The Bertz CT molecular complexity index is 962. The van der Waals surface area contributed by atoms with E-state index in [0.29, 0.717) is 17.9 Å². The summed E-state index contributed by atoms with van der Waals surface area (Å²) in [4.78, 5) is 22.4. The summed E-state index contributed by atoms with van der Waals surface area (Å²) in [6.07, 6.45) is 0. The van der Waals surface area contributed by atoms with E-state index >= 15 is 0 Å². The van der Waals surface area contributed by atoms with Crippen molar-refractivity contribution in [3.05, 3.63) is 53.1 Å². The summed E-state index contributed by atoms with van der Waals surface area (Å²) < 4.78 is 6.41. The molecule has 1 amide bonds. The molecule has 0 aliphatic rings. The van der Waals surface area contributed by atoms with Crippen molar-refractivity contribution in [3.63, 3.8) is 0 Å². The van der Waals surface area contributed by atoms with Crippen LogP contribution in [0.25, 0.3) is 10.2 Å². The fourth-order valence-corrected chi connectivity index (χ4v) is 4.33. The molecule has 1 aromatic heterocycles. The van der Waals surface area contributed by atoms with Crippen LogP contribution >= 0.6 is 23.7 Å². The SMILES string of the molecule is CCN(CC)CCN(C(=O)c1cccc(OC)c1)c1nc2cc(C)c(C)cc2s1.Cl. The standard InChI is InChI=1S/C23H29N3O2S.ClH/c1-6-25(7-2)11-12-26(22(27)18-9-8-10-19(15-18)28-5)23-24-20-13-16(3)17(4)14-21(20)29-23;/h8-10,13-15H,6-7,11-12H2,1-5H3;1H. The monoisotopic (exact) mass is 447 g/mol. The molecule has 0 atom stereocenters. The molecule has 0 saturated heterocycles. The number of carbonyl (C=O) groups is 1. The van der Waals surface area contributed by atoms with Crippen LogP contribution in [-0.4, -0.2) is 49.1 Å². The molecule has 0 bridgehead atoms. The molecular formula is C23H30ClN3O2S. The second-order valence-electron chi connectivity index (χ2n) is 7.12. The van der Waals surface area contributed by atoms with Gasteiger partial charge in [-0.3, -0.25) is 9.69 Å². The summed E-state index contributed by atoms with van der Waals surface area (Å²) in [7, 11) is 1.61. The van der Waals surface area contributed by atoms with Gasteiger partial charge in [0.15, 0.2) is 5.13 Å². The van der Waals surface area contributed by atoms with E-state index in [2.05, 4.69) is 44.7 Å². The number of thiazole rings is 1. The number of hydrogen-bond donors (Lipinski definition) is 0. The minimum atomic E-state index is -0.0523. The quantitative estimate of drug-likeness (QED) is 0.468. The van der Waals surface area contributed by atoms with Gasteiger partial charge in [-0.2, -0.15) is 0 Å². The van der Waals surface area contributed by atoms with Crippen LogP contribution in [-0.2, 0) is 0 Å². The molecule has 7 heteroatoms. The number of carbonyl (C=O) groups excluding carboxylic acids is 1. The Morgan fingerprint density at radius 1 is 1.07 bits per heavy atom. The van der Waals surface area contributed by atoms with Gasteiger partial charge in [-0.1, -0.05) is 31.3 Å². The summed E-state index contributed by atoms with van der Waals surface area (Å²) in [5.74, 6) is 0.624. The Morgan fingerprint density at radius 3 is 2.43 bits per heavy atom. The van der Waals surface area contributed by atoms with Gasteiger partial charge in [0, 0.05) is 18.7 Å². The van der Waals surface area contributed by atoms with Crippen molar-refractivity contribution in [1.29, 1.82) is 0 Å². The number of ether oxygens (including phenoxy) is 1. The van der Waals surface area contributed by atoms with E-state index in [-0.39, 0.29) is 18.3 Å². The number of halogens is 1. The predicted molar refractivity (Wildman–Crippen MR) is 129 cm³/mol. The van der Waals surface area contributed by atoms with Gasteiger partial charge in [-0.25, -0.2) is 4.98 Å². The molecule has 1 heterocycles. The molecule has 3 aromatic rings. The van der Waals surface area contributed by atoms with Crippen LogP contribution in [0, 0.1) is 13.8 Å². The number of fused-ring (bicyclic) bond motifs is 1. The predicted octanol–water partition coefficient (Wildman–Crippen LogP) is 5.33. The topological polar surface area (TPSA) is 45.7 Å². The molecule has 162 valence electrons. The van der Waals surface area contributed by atoms with E-state index in [0.717, 1.165) is 35.0 Å². The molecule has 0 radical (unpaired) electrons. The van der Waals surface area contributed by atoms with E-state index in [1.807, 2.05) is 23.1 Å². The molecular weight excluding hydrogens is 418 g/mol. The van der Waals surface area contributed by atoms with Crippen molar-refractivity contribution in [1.82, 2.24) is 9.88 Å². The van der Waals surface area contributed by atoms with E-state index < -0.39 is 0 Å². The van der Waals surface area contributed by atoms with Crippen LogP contribution < -0.4 is 9.64 Å². The van der Waals surface area contributed by atoms with E-state index in [1.165, 1.54) is 11.1 Å². The first-order valence-electron chi connectivity index (χ1n) is 10.0. The first-order chi connectivity index (χ1) is 14.0. The van der Waals surface area contributed by atoms with Gasteiger partial charge < -0.3 is 9.64 Å². The van der Waals surface area contributed by atoms with Crippen molar-refractivity contribution in [2.45, 2.75) is 27.7 Å². The van der Waals surface area contributed by atoms with Crippen LogP contribution in [0.2, 0.25) is 0 Å². The highest BCUT2D eigenvalue weighted by molar-refractivity contribution is 7.22. The number of aryl methyl sites for hydroxylation is 2. The summed E-state index contributed by atoms with van der Waals surface area (Å²) in [6.45, 7) is 11.8. The summed E-state index contributed by atoms with van der Waals surface area (Å²) in [5, 5.41) is 0.741. The maximum absolute atomic E-state index is 13.4. The number of hydrogen-bond acceptors (Lipinski definition) is 5. The van der Waals surface area contributed by atoms with E-state index in [9.17, 15) is 4.79 Å². The van der Waals surface area contributed by atoms with Gasteiger partial charge in [0.2, 0.25) is 0 Å². The fourth-order valence-electron chi connectivity index (χ4n) is 3.26. The largest absolute Gasteiger partial charge is 0.497 e. The zero-order valence-corrected chi connectivity index (χ0v) is 19.9. The average molecular weight is 448 g/mol. The van der Waals surface area contributed by atoms with Gasteiger partial charge in [-0.15, -0.1) is 12.4 Å². The van der Waals surface area contributed by atoms with Gasteiger partial charge in [0.05, 0.1) is 17.3 Å². The third-order valence-electron chi connectivity index (χ3n) is 5.32. The van der Waals surface area contributed by atoms with E-state index in [4.69, 9.17) is 9.72 Å². The normalized spacial score (nSPS) is 10.9. The van der Waals surface area contributed by atoms with Crippen molar-refractivity contribution in [2.75, 3.05) is 38.2 Å². The second-order valence-corrected chi connectivity index (χ2v) is 8.13. The zero-order chi connectivity index (χ0) is 21.0. The minimum Gasteiger partial charge on any atom is -0.497 e. The first-order valence-corrected chi connectivity index (χ1v) is 10.8. The second kappa shape index (κ2) is 10.8. The van der Waals surface area contributed by atoms with Crippen molar-refractivity contribution in [2.24, 2.45) is 0 Å².